The fourth-order valence-electron chi connectivity index (χ4n) is 0.350. The number of hydrogen-bond donors (Lipinski definition) is 0. The number of hydrogen-bond acceptors (Lipinski definition) is 1. The Morgan fingerprint density at radius 3 is 2.86 bits per heavy atom. The molecule has 0 aliphatic rings. The monoisotopic (exact) mass is 115 g/mol. The molecule has 0 N–H and O–H groups in total. The largest absolute Gasteiger partial charge is 0.265 e. The Bertz CT molecular complexity index is 142. The third kappa shape index (κ3) is 0.933. The minimum atomic E-state index is 0.558. The molecule has 7 heavy (non-hydrogen) atoms. The predicted octanol–water partition coefficient (Wildman–Crippen LogP) is 0.874. The molecule has 0 fully saturated rings. The van der Waals surface area contributed by atoms with Crippen LogP contribution in [0.3, 0.4) is 0 Å². The molecule has 1 heterocycles. The van der Waals surface area contributed by atoms with Crippen LogP contribution in [0.4, 0.5) is 0 Å². The SMILES string of the molecule is Cn1[c]c(Cl)cn1. The Morgan fingerprint density at radius 1 is 2.00 bits per heavy atom. The number of rotatable bonds is 0. The molecular formula is C4H4ClN2. The lowest BCUT2D eigenvalue weighted by molar-refractivity contribution is 0.762. The summed E-state index contributed by atoms with van der Waals surface area (Å²) in [5, 5.41) is 4.30. The van der Waals surface area contributed by atoms with Crippen LogP contribution in [0.25, 0.3) is 0 Å². The van der Waals surface area contributed by atoms with Crippen LogP contribution in [0.5, 0.6) is 0 Å². The highest BCUT2D eigenvalue weighted by Gasteiger charge is 1.86. The molecule has 37 valence electrons. The minimum Gasteiger partial charge on any atom is -0.265 e. The van der Waals surface area contributed by atoms with Crippen LogP contribution in [0.2, 0.25) is 5.02 Å². The van der Waals surface area contributed by atoms with Gasteiger partial charge in [-0.1, -0.05) is 11.6 Å². The summed E-state index contributed by atoms with van der Waals surface area (Å²) in [5.74, 6) is 0. The van der Waals surface area contributed by atoms with E-state index >= 15 is 0 Å². The van der Waals surface area contributed by atoms with Crippen molar-refractivity contribution in [1.82, 2.24) is 9.78 Å². The standard InChI is InChI=1S/C4H4ClN2/c1-7-3-4(5)2-6-7/h2H,1H3. The van der Waals surface area contributed by atoms with Crippen molar-refractivity contribution in [2.75, 3.05) is 0 Å². The average molecular weight is 116 g/mol. The Hall–Kier alpha value is -0.500. The van der Waals surface area contributed by atoms with Gasteiger partial charge in [0.05, 0.1) is 11.2 Å². The molecule has 1 aromatic heterocycles. The Morgan fingerprint density at radius 2 is 2.71 bits per heavy atom. The van der Waals surface area contributed by atoms with Gasteiger partial charge in [-0.15, -0.1) is 0 Å². The molecule has 3 heteroatoms. The van der Waals surface area contributed by atoms with Crippen molar-refractivity contribution in [2.24, 2.45) is 7.05 Å². The first-order chi connectivity index (χ1) is 3.29. The third-order valence-corrected chi connectivity index (χ3v) is 0.795. The molecule has 0 saturated heterocycles. The van der Waals surface area contributed by atoms with Gasteiger partial charge in [-0.3, -0.25) is 4.68 Å². The summed E-state index contributed by atoms with van der Waals surface area (Å²) in [5.41, 5.74) is 0. The zero-order chi connectivity index (χ0) is 5.28. The summed E-state index contributed by atoms with van der Waals surface area (Å²) in [7, 11) is 1.77. The number of halogens is 1. The van der Waals surface area contributed by atoms with E-state index in [1.54, 1.807) is 13.2 Å². The van der Waals surface area contributed by atoms with E-state index in [0.29, 0.717) is 5.02 Å². The summed E-state index contributed by atoms with van der Waals surface area (Å²) in [6, 6.07) is 0. The molecule has 1 rings (SSSR count). The molecular weight excluding hydrogens is 112 g/mol. The maximum absolute atomic E-state index is 5.42. The van der Waals surface area contributed by atoms with E-state index in [1.807, 2.05) is 0 Å². The van der Waals surface area contributed by atoms with E-state index in [4.69, 9.17) is 11.6 Å². The van der Waals surface area contributed by atoms with Crippen molar-refractivity contribution in [1.29, 1.82) is 0 Å². The second kappa shape index (κ2) is 1.54. The molecule has 2 nitrogen and oxygen atoms in total. The van der Waals surface area contributed by atoms with Crippen LogP contribution in [0, 0.1) is 6.20 Å². The van der Waals surface area contributed by atoms with Crippen molar-refractivity contribution in [3.8, 4) is 0 Å². The molecule has 0 aromatic carbocycles. The van der Waals surface area contributed by atoms with Crippen molar-refractivity contribution in [2.45, 2.75) is 0 Å². The predicted molar refractivity (Wildman–Crippen MR) is 27.1 cm³/mol. The van der Waals surface area contributed by atoms with Gasteiger partial charge >= 0.3 is 0 Å². The highest BCUT2D eigenvalue weighted by molar-refractivity contribution is 6.30. The van der Waals surface area contributed by atoms with Crippen LogP contribution >= 0.6 is 11.6 Å². The van der Waals surface area contributed by atoms with Gasteiger partial charge in [-0.25, -0.2) is 0 Å². The van der Waals surface area contributed by atoms with Gasteiger partial charge in [-0.2, -0.15) is 5.10 Å². The second-order valence-electron chi connectivity index (χ2n) is 1.23. The summed E-state index contributed by atoms with van der Waals surface area (Å²) in [6.07, 6.45) is 4.25. The van der Waals surface area contributed by atoms with Gasteiger partial charge in [0, 0.05) is 7.05 Å². The van der Waals surface area contributed by atoms with Crippen molar-refractivity contribution in [3.05, 3.63) is 17.4 Å². The van der Waals surface area contributed by atoms with Crippen molar-refractivity contribution < 1.29 is 0 Å². The van der Waals surface area contributed by atoms with Crippen LogP contribution < -0.4 is 0 Å². The van der Waals surface area contributed by atoms with E-state index in [1.165, 1.54) is 4.68 Å². The fraction of sp³-hybridized carbons (Fsp3) is 0.250. The zero-order valence-electron chi connectivity index (χ0n) is 3.85. The zero-order valence-corrected chi connectivity index (χ0v) is 4.61. The Labute approximate surface area is 46.7 Å². The van der Waals surface area contributed by atoms with Gasteiger partial charge < -0.3 is 0 Å². The topological polar surface area (TPSA) is 17.8 Å². The second-order valence-corrected chi connectivity index (χ2v) is 1.64. The first kappa shape index (κ1) is 4.65. The first-order valence-electron chi connectivity index (χ1n) is 1.86. The van der Waals surface area contributed by atoms with Crippen LogP contribution in [-0.4, -0.2) is 9.78 Å². The molecule has 1 radical (unpaired) electrons. The quantitative estimate of drug-likeness (QED) is 0.491. The third-order valence-electron chi connectivity index (χ3n) is 0.613. The molecule has 0 aliphatic heterocycles. The first-order valence-corrected chi connectivity index (χ1v) is 2.23. The van der Waals surface area contributed by atoms with E-state index in [-0.39, 0.29) is 0 Å². The molecule has 0 aliphatic carbocycles. The number of aryl methyl sites for hydroxylation is 1. The molecule has 0 bridgehead atoms. The van der Waals surface area contributed by atoms with Gasteiger partial charge in [0.1, 0.15) is 6.20 Å². The van der Waals surface area contributed by atoms with Crippen molar-refractivity contribution >= 4 is 11.6 Å². The molecule has 0 unspecified atom stereocenters. The van der Waals surface area contributed by atoms with Gasteiger partial charge in [0.2, 0.25) is 0 Å². The van der Waals surface area contributed by atoms with Gasteiger partial charge in [-0.05, 0) is 0 Å². The summed E-state index contributed by atoms with van der Waals surface area (Å²) in [6.45, 7) is 0. The summed E-state index contributed by atoms with van der Waals surface area (Å²) in [4.78, 5) is 0. The van der Waals surface area contributed by atoms with Crippen LogP contribution in [0.1, 0.15) is 0 Å². The fourth-order valence-corrected chi connectivity index (χ4v) is 0.516. The summed E-state index contributed by atoms with van der Waals surface area (Å²) < 4.78 is 1.53. The maximum Gasteiger partial charge on any atom is 0.106 e. The highest BCUT2D eigenvalue weighted by Crippen LogP contribution is 2.00. The van der Waals surface area contributed by atoms with E-state index in [2.05, 4.69) is 11.3 Å². The maximum atomic E-state index is 5.42. The smallest absolute Gasteiger partial charge is 0.106 e. The Balaban J connectivity index is 3.04. The molecule has 0 spiro atoms. The molecule has 0 atom stereocenters. The van der Waals surface area contributed by atoms with E-state index in [0.717, 1.165) is 0 Å². The van der Waals surface area contributed by atoms with Crippen LogP contribution in [-0.2, 0) is 7.05 Å². The molecule has 0 amide bonds. The van der Waals surface area contributed by atoms with Crippen LogP contribution in [0.15, 0.2) is 6.20 Å². The lowest BCUT2D eigenvalue weighted by atomic mass is 10.7. The van der Waals surface area contributed by atoms with Gasteiger partial charge in [0.25, 0.3) is 0 Å². The normalized spacial score (nSPS) is 9.43. The average Bonchev–Trinajstić information content (AvgIpc) is 1.87. The molecule has 1 aromatic rings. The lowest BCUT2D eigenvalue weighted by Crippen LogP contribution is -1.84. The lowest BCUT2D eigenvalue weighted by Gasteiger charge is -1.76. The number of aromatic nitrogens is 2. The highest BCUT2D eigenvalue weighted by atomic mass is 35.5. The summed E-state index contributed by atoms with van der Waals surface area (Å²) >= 11 is 5.42. The van der Waals surface area contributed by atoms with Crippen molar-refractivity contribution in [3.63, 3.8) is 0 Å². The number of nitrogens with zero attached hydrogens (tertiary/aromatic N) is 2. The van der Waals surface area contributed by atoms with E-state index < -0.39 is 0 Å². The molecule has 0 saturated carbocycles. The Kier molecular flexibility index (Phi) is 1.02. The van der Waals surface area contributed by atoms with E-state index in [9.17, 15) is 0 Å². The van der Waals surface area contributed by atoms with Gasteiger partial charge in [0.15, 0.2) is 0 Å². The minimum absolute atomic E-state index is 0.558.